The third kappa shape index (κ3) is 3.85. The number of amides is 1. The predicted molar refractivity (Wildman–Crippen MR) is 73.8 cm³/mol. The first kappa shape index (κ1) is 15.2. The van der Waals surface area contributed by atoms with Crippen molar-refractivity contribution in [3.05, 3.63) is 41.6 Å². The van der Waals surface area contributed by atoms with Gasteiger partial charge in [-0.05, 0) is 24.3 Å². The second kappa shape index (κ2) is 6.95. The summed E-state index contributed by atoms with van der Waals surface area (Å²) in [6.07, 6.45) is 1.26. The molecule has 1 N–H and O–H groups in total. The van der Waals surface area contributed by atoms with Gasteiger partial charge in [0.15, 0.2) is 5.57 Å². The monoisotopic (exact) mass is 273 g/mol. The van der Waals surface area contributed by atoms with Crippen LogP contribution in [0.5, 0.6) is 0 Å². The molecule has 1 rings (SSSR count). The topological polar surface area (TPSA) is 82.4 Å². The number of carbonyl (C=O) groups is 2. The van der Waals surface area contributed by atoms with Gasteiger partial charge in [0.2, 0.25) is 0 Å². The molecule has 0 aliphatic heterocycles. The van der Waals surface area contributed by atoms with Crippen LogP contribution in [-0.2, 0) is 9.53 Å². The van der Waals surface area contributed by atoms with E-state index in [1.165, 1.54) is 18.2 Å². The number of nitrogens with one attached hydrogen (secondary N) is 1. The number of rotatable bonds is 4. The van der Waals surface area contributed by atoms with E-state index >= 15 is 0 Å². The molecule has 6 heteroatoms. The zero-order valence-corrected chi connectivity index (χ0v) is 11.5. The molecular formula is C14H15N3O3. The Morgan fingerprint density at radius 1 is 1.30 bits per heavy atom. The van der Waals surface area contributed by atoms with Crippen LogP contribution in [0, 0.1) is 11.3 Å². The number of ether oxygens (including phenoxy) is 1. The standard InChI is InChI=1S/C14H15N3O3/c1-17(2)13(18)10-4-6-12(7-5-10)16-9-11(8-15)14(19)20-3/h4-7,9,16H,1-3H3/b11-9-. The number of nitriles is 1. The third-order valence-electron chi connectivity index (χ3n) is 2.45. The molecule has 20 heavy (non-hydrogen) atoms. The van der Waals surface area contributed by atoms with Gasteiger partial charge in [0.05, 0.1) is 7.11 Å². The van der Waals surface area contributed by atoms with Crippen LogP contribution in [0.2, 0.25) is 0 Å². The number of esters is 1. The molecule has 0 heterocycles. The Labute approximate surface area is 117 Å². The zero-order chi connectivity index (χ0) is 15.1. The minimum absolute atomic E-state index is 0.0978. The first-order chi connectivity index (χ1) is 9.49. The van der Waals surface area contributed by atoms with E-state index in [1.807, 2.05) is 0 Å². The van der Waals surface area contributed by atoms with Gasteiger partial charge in [0.25, 0.3) is 5.91 Å². The molecule has 0 unspecified atom stereocenters. The van der Waals surface area contributed by atoms with Crippen molar-refractivity contribution in [3.63, 3.8) is 0 Å². The molecule has 1 amide bonds. The quantitative estimate of drug-likeness (QED) is 0.509. The first-order valence-electron chi connectivity index (χ1n) is 5.76. The van der Waals surface area contributed by atoms with Crippen molar-refractivity contribution in [1.82, 2.24) is 4.90 Å². The maximum absolute atomic E-state index is 11.7. The fraction of sp³-hybridized carbons (Fsp3) is 0.214. The zero-order valence-electron chi connectivity index (χ0n) is 11.5. The lowest BCUT2D eigenvalue weighted by molar-refractivity contribution is -0.135. The maximum atomic E-state index is 11.7. The Hall–Kier alpha value is -2.81. The normalized spacial score (nSPS) is 10.4. The fourth-order valence-electron chi connectivity index (χ4n) is 1.37. The molecule has 104 valence electrons. The van der Waals surface area contributed by atoms with Gasteiger partial charge in [-0.3, -0.25) is 4.79 Å². The van der Waals surface area contributed by atoms with E-state index in [1.54, 1.807) is 44.4 Å². The molecule has 0 aromatic heterocycles. The van der Waals surface area contributed by atoms with Gasteiger partial charge in [-0.15, -0.1) is 0 Å². The average molecular weight is 273 g/mol. The molecule has 0 saturated carbocycles. The van der Waals surface area contributed by atoms with E-state index in [2.05, 4.69) is 10.1 Å². The number of methoxy groups -OCH3 is 1. The minimum atomic E-state index is -0.709. The lowest BCUT2D eigenvalue weighted by atomic mass is 10.2. The molecule has 0 fully saturated rings. The van der Waals surface area contributed by atoms with Crippen molar-refractivity contribution in [2.45, 2.75) is 0 Å². The summed E-state index contributed by atoms with van der Waals surface area (Å²) in [6, 6.07) is 8.40. The lowest BCUT2D eigenvalue weighted by Crippen LogP contribution is -2.21. The summed E-state index contributed by atoms with van der Waals surface area (Å²) in [5, 5.41) is 11.6. The summed E-state index contributed by atoms with van der Waals surface area (Å²) in [6.45, 7) is 0. The van der Waals surface area contributed by atoms with Crippen LogP contribution in [0.1, 0.15) is 10.4 Å². The van der Waals surface area contributed by atoms with Gasteiger partial charge in [0, 0.05) is 31.5 Å². The van der Waals surface area contributed by atoms with Crippen molar-refractivity contribution >= 4 is 17.6 Å². The molecule has 0 aliphatic carbocycles. The Morgan fingerprint density at radius 2 is 1.90 bits per heavy atom. The van der Waals surface area contributed by atoms with Crippen LogP contribution in [-0.4, -0.2) is 38.0 Å². The highest BCUT2D eigenvalue weighted by Gasteiger charge is 2.09. The molecule has 0 atom stereocenters. The molecule has 0 aliphatic rings. The molecule has 6 nitrogen and oxygen atoms in total. The van der Waals surface area contributed by atoms with E-state index < -0.39 is 5.97 Å². The molecule has 0 bridgehead atoms. The highest BCUT2D eigenvalue weighted by Crippen LogP contribution is 2.11. The molecule has 0 spiro atoms. The molecule has 0 radical (unpaired) electrons. The van der Waals surface area contributed by atoms with Gasteiger partial charge in [-0.1, -0.05) is 0 Å². The van der Waals surface area contributed by atoms with Crippen LogP contribution in [0.25, 0.3) is 0 Å². The highest BCUT2D eigenvalue weighted by atomic mass is 16.5. The van der Waals surface area contributed by atoms with Crippen LogP contribution in [0.4, 0.5) is 5.69 Å². The highest BCUT2D eigenvalue weighted by molar-refractivity contribution is 5.94. The summed E-state index contributed by atoms with van der Waals surface area (Å²) in [4.78, 5) is 24.3. The van der Waals surface area contributed by atoms with E-state index in [-0.39, 0.29) is 11.5 Å². The minimum Gasteiger partial charge on any atom is -0.465 e. The molecular weight excluding hydrogens is 258 g/mol. The lowest BCUT2D eigenvalue weighted by Gasteiger charge is -2.10. The van der Waals surface area contributed by atoms with Crippen LogP contribution in [0.15, 0.2) is 36.0 Å². The summed E-state index contributed by atoms with van der Waals surface area (Å²) < 4.78 is 4.45. The van der Waals surface area contributed by atoms with Crippen LogP contribution < -0.4 is 5.32 Å². The predicted octanol–water partition coefficient (Wildman–Crippen LogP) is 1.38. The third-order valence-corrected chi connectivity index (χ3v) is 2.45. The number of benzene rings is 1. The van der Waals surface area contributed by atoms with Crippen molar-refractivity contribution in [2.24, 2.45) is 0 Å². The Morgan fingerprint density at radius 3 is 2.35 bits per heavy atom. The Kier molecular flexibility index (Phi) is 5.30. The van der Waals surface area contributed by atoms with Gasteiger partial charge < -0.3 is 15.0 Å². The Balaban J connectivity index is 2.81. The SMILES string of the molecule is COC(=O)/C(C#N)=C\Nc1ccc(C(=O)N(C)C)cc1. The maximum Gasteiger partial charge on any atom is 0.350 e. The number of anilines is 1. The van der Waals surface area contributed by atoms with E-state index in [0.29, 0.717) is 11.3 Å². The number of hydrogen-bond donors (Lipinski definition) is 1. The fourth-order valence-corrected chi connectivity index (χ4v) is 1.37. The molecule has 1 aromatic carbocycles. The van der Waals surface area contributed by atoms with Crippen molar-refractivity contribution in [3.8, 4) is 6.07 Å². The van der Waals surface area contributed by atoms with Crippen molar-refractivity contribution in [1.29, 1.82) is 5.26 Å². The number of carbonyl (C=O) groups excluding carboxylic acids is 2. The average Bonchev–Trinajstić information content (AvgIpc) is 2.47. The van der Waals surface area contributed by atoms with Crippen molar-refractivity contribution in [2.75, 3.05) is 26.5 Å². The summed E-state index contributed by atoms with van der Waals surface area (Å²) in [5.41, 5.74) is 1.07. The summed E-state index contributed by atoms with van der Waals surface area (Å²) >= 11 is 0. The second-order valence-electron chi connectivity index (χ2n) is 4.08. The molecule has 0 saturated heterocycles. The van der Waals surface area contributed by atoms with Gasteiger partial charge in [-0.2, -0.15) is 5.26 Å². The van der Waals surface area contributed by atoms with Crippen LogP contribution in [0.3, 0.4) is 0 Å². The van der Waals surface area contributed by atoms with Gasteiger partial charge in [-0.25, -0.2) is 4.79 Å². The van der Waals surface area contributed by atoms with E-state index in [9.17, 15) is 9.59 Å². The van der Waals surface area contributed by atoms with Gasteiger partial charge >= 0.3 is 5.97 Å². The van der Waals surface area contributed by atoms with Crippen molar-refractivity contribution < 1.29 is 14.3 Å². The summed E-state index contributed by atoms with van der Waals surface area (Å²) in [5.74, 6) is -0.807. The Bertz CT molecular complexity index is 568. The van der Waals surface area contributed by atoms with E-state index in [4.69, 9.17) is 5.26 Å². The van der Waals surface area contributed by atoms with Gasteiger partial charge in [0.1, 0.15) is 6.07 Å². The smallest absolute Gasteiger partial charge is 0.350 e. The number of nitrogens with zero attached hydrogens (tertiary/aromatic N) is 2. The summed E-state index contributed by atoms with van der Waals surface area (Å²) in [7, 11) is 4.55. The molecule has 1 aromatic rings. The van der Waals surface area contributed by atoms with E-state index in [0.717, 1.165) is 0 Å². The largest absolute Gasteiger partial charge is 0.465 e. The first-order valence-corrected chi connectivity index (χ1v) is 5.76. The number of hydrogen-bond acceptors (Lipinski definition) is 5. The second-order valence-corrected chi connectivity index (χ2v) is 4.08. The van der Waals surface area contributed by atoms with Crippen LogP contribution >= 0.6 is 0 Å².